The van der Waals surface area contributed by atoms with E-state index in [1.165, 1.54) is 0 Å². The molecule has 2 amide bonds. The van der Waals surface area contributed by atoms with E-state index in [-0.39, 0.29) is 17.7 Å². The Morgan fingerprint density at radius 3 is 2.19 bits per heavy atom. The largest absolute Gasteiger partial charge is 0.493 e. The van der Waals surface area contributed by atoms with Gasteiger partial charge in [-0.1, -0.05) is 37.3 Å². The lowest BCUT2D eigenvalue weighted by Gasteiger charge is -2.34. The monoisotopic (exact) mass is 434 g/mol. The van der Waals surface area contributed by atoms with Crippen LogP contribution in [0.1, 0.15) is 60.9 Å². The molecule has 2 aromatic rings. The molecule has 2 fully saturated rings. The summed E-state index contributed by atoms with van der Waals surface area (Å²) in [7, 11) is 0. The molecule has 2 aliphatic heterocycles. The van der Waals surface area contributed by atoms with Crippen molar-refractivity contribution in [2.75, 3.05) is 32.8 Å². The summed E-state index contributed by atoms with van der Waals surface area (Å²) in [4.78, 5) is 29.5. The minimum atomic E-state index is -0.0502. The summed E-state index contributed by atoms with van der Waals surface area (Å²) in [6.07, 6.45) is 4.94. The number of likely N-dealkylation sites (tertiary alicyclic amines) is 2. The van der Waals surface area contributed by atoms with Crippen LogP contribution in [0.3, 0.4) is 0 Å². The van der Waals surface area contributed by atoms with Gasteiger partial charge in [0.2, 0.25) is 5.91 Å². The quantitative estimate of drug-likeness (QED) is 0.633. The Morgan fingerprint density at radius 2 is 1.56 bits per heavy atom. The highest BCUT2D eigenvalue weighted by atomic mass is 16.5. The van der Waals surface area contributed by atoms with Crippen LogP contribution in [0.4, 0.5) is 0 Å². The molecule has 0 saturated carbocycles. The first-order chi connectivity index (χ1) is 15.7. The minimum Gasteiger partial charge on any atom is -0.493 e. The number of amides is 2. The Labute approximate surface area is 191 Å². The number of rotatable bonds is 7. The van der Waals surface area contributed by atoms with Crippen molar-refractivity contribution in [3.05, 3.63) is 65.7 Å². The van der Waals surface area contributed by atoms with E-state index in [0.717, 1.165) is 75.2 Å². The van der Waals surface area contributed by atoms with Gasteiger partial charge in [0, 0.05) is 31.7 Å². The fourth-order valence-corrected chi connectivity index (χ4v) is 4.79. The molecule has 4 rings (SSSR count). The van der Waals surface area contributed by atoms with E-state index in [4.69, 9.17) is 4.74 Å². The first-order valence-electron chi connectivity index (χ1n) is 12.0. The minimum absolute atomic E-state index is 0.0502. The van der Waals surface area contributed by atoms with Crippen molar-refractivity contribution in [3.63, 3.8) is 0 Å². The van der Waals surface area contributed by atoms with Crippen molar-refractivity contribution in [1.29, 1.82) is 0 Å². The molecule has 0 bridgehead atoms. The highest BCUT2D eigenvalue weighted by Gasteiger charge is 2.28. The Bertz CT molecular complexity index is 883. The summed E-state index contributed by atoms with van der Waals surface area (Å²) in [6, 6.07) is 17.6. The molecule has 0 radical (unpaired) electrons. The van der Waals surface area contributed by atoms with Gasteiger partial charge >= 0.3 is 0 Å². The van der Waals surface area contributed by atoms with Crippen LogP contribution in [0.5, 0.6) is 5.75 Å². The van der Waals surface area contributed by atoms with Gasteiger partial charge in [-0.2, -0.15) is 0 Å². The summed E-state index contributed by atoms with van der Waals surface area (Å²) in [5.41, 5.74) is 1.84. The summed E-state index contributed by atoms with van der Waals surface area (Å²) in [5, 5.41) is 0. The van der Waals surface area contributed by atoms with Crippen molar-refractivity contribution in [1.82, 2.24) is 9.80 Å². The second-order valence-electron chi connectivity index (χ2n) is 8.97. The number of benzene rings is 2. The fraction of sp³-hybridized carbons (Fsp3) is 0.481. The molecule has 2 heterocycles. The molecule has 1 atom stereocenters. The number of carbonyl (C=O) groups excluding carboxylic acids is 2. The van der Waals surface area contributed by atoms with Crippen LogP contribution in [0.2, 0.25) is 0 Å². The van der Waals surface area contributed by atoms with E-state index in [9.17, 15) is 9.59 Å². The smallest absolute Gasteiger partial charge is 0.253 e. The van der Waals surface area contributed by atoms with Gasteiger partial charge in [0.05, 0.1) is 12.5 Å². The summed E-state index contributed by atoms with van der Waals surface area (Å²) < 4.78 is 6.01. The first-order valence-corrected chi connectivity index (χ1v) is 12.0. The van der Waals surface area contributed by atoms with Gasteiger partial charge in [-0.15, -0.1) is 0 Å². The third-order valence-electron chi connectivity index (χ3n) is 6.81. The fourth-order valence-electron chi connectivity index (χ4n) is 4.79. The van der Waals surface area contributed by atoms with Gasteiger partial charge in [0.1, 0.15) is 5.75 Å². The zero-order valence-corrected chi connectivity index (χ0v) is 19.0. The van der Waals surface area contributed by atoms with Crippen LogP contribution in [0.25, 0.3) is 0 Å². The molecule has 32 heavy (non-hydrogen) atoms. The van der Waals surface area contributed by atoms with E-state index in [0.29, 0.717) is 12.5 Å². The predicted molar refractivity (Wildman–Crippen MR) is 126 cm³/mol. The van der Waals surface area contributed by atoms with Crippen molar-refractivity contribution in [2.45, 2.75) is 44.9 Å². The lowest BCUT2D eigenvalue weighted by atomic mass is 9.92. The van der Waals surface area contributed by atoms with Gasteiger partial charge in [-0.25, -0.2) is 0 Å². The number of carbonyl (C=O) groups is 2. The lowest BCUT2D eigenvalue weighted by molar-refractivity contribution is -0.134. The van der Waals surface area contributed by atoms with Crippen molar-refractivity contribution >= 4 is 11.8 Å². The van der Waals surface area contributed by atoms with Crippen LogP contribution in [0.15, 0.2) is 54.6 Å². The molecular weight excluding hydrogens is 400 g/mol. The molecule has 5 nitrogen and oxygen atoms in total. The van der Waals surface area contributed by atoms with E-state index in [1.54, 1.807) is 0 Å². The average Bonchev–Trinajstić information content (AvgIpc) is 3.39. The number of hydrogen-bond donors (Lipinski definition) is 0. The van der Waals surface area contributed by atoms with Crippen LogP contribution in [-0.2, 0) is 4.79 Å². The summed E-state index contributed by atoms with van der Waals surface area (Å²) in [6.45, 7) is 6.04. The highest BCUT2D eigenvalue weighted by molar-refractivity contribution is 5.94. The van der Waals surface area contributed by atoms with E-state index in [2.05, 4.69) is 19.1 Å². The second kappa shape index (κ2) is 10.7. The molecule has 0 unspecified atom stereocenters. The molecular formula is C27H34N2O3. The predicted octanol–water partition coefficient (Wildman–Crippen LogP) is 4.73. The van der Waals surface area contributed by atoms with Gasteiger partial charge in [0.25, 0.3) is 5.91 Å². The van der Waals surface area contributed by atoms with Crippen LogP contribution >= 0.6 is 0 Å². The Morgan fingerprint density at radius 1 is 0.906 bits per heavy atom. The maximum Gasteiger partial charge on any atom is 0.253 e. The van der Waals surface area contributed by atoms with Gasteiger partial charge in [-0.3, -0.25) is 9.59 Å². The zero-order chi connectivity index (χ0) is 22.3. The Balaban J connectivity index is 1.23. The maximum absolute atomic E-state index is 13.1. The standard InChI is InChI=1S/C27H34N2O3/c1-2-25(22-8-4-3-5-9-22)27(31)29-18-14-21(15-19-29)20-32-24-12-10-23(11-13-24)26(30)28-16-6-7-17-28/h3-5,8-13,21,25H,2,6-7,14-20H2,1H3/t25-/m0/s1. The summed E-state index contributed by atoms with van der Waals surface area (Å²) in [5.74, 6) is 1.56. The number of ether oxygens (including phenoxy) is 1. The van der Waals surface area contributed by atoms with Crippen LogP contribution in [-0.4, -0.2) is 54.4 Å². The molecule has 0 N–H and O–H groups in total. The van der Waals surface area contributed by atoms with E-state index in [1.807, 2.05) is 52.3 Å². The molecule has 170 valence electrons. The molecule has 2 aliphatic rings. The molecule has 0 aromatic heterocycles. The SMILES string of the molecule is CC[C@H](C(=O)N1CCC(COc2ccc(C(=O)N3CCCC3)cc2)CC1)c1ccccc1. The van der Waals surface area contributed by atoms with Gasteiger partial charge in [-0.05, 0) is 67.9 Å². The first kappa shape index (κ1) is 22.4. The average molecular weight is 435 g/mol. The molecule has 5 heteroatoms. The Kier molecular flexibility index (Phi) is 7.46. The topological polar surface area (TPSA) is 49.9 Å². The van der Waals surface area contributed by atoms with Gasteiger partial charge < -0.3 is 14.5 Å². The van der Waals surface area contributed by atoms with E-state index >= 15 is 0 Å². The van der Waals surface area contributed by atoms with Crippen molar-refractivity contribution in [2.24, 2.45) is 5.92 Å². The summed E-state index contributed by atoms with van der Waals surface area (Å²) >= 11 is 0. The van der Waals surface area contributed by atoms with Crippen LogP contribution in [0, 0.1) is 5.92 Å². The molecule has 0 spiro atoms. The lowest BCUT2D eigenvalue weighted by Crippen LogP contribution is -2.42. The van der Waals surface area contributed by atoms with Crippen molar-refractivity contribution < 1.29 is 14.3 Å². The third-order valence-corrected chi connectivity index (χ3v) is 6.81. The molecule has 0 aliphatic carbocycles. The zero-order valence-electron chi connectivity index (χ0n) is 19.0. The number of piperidine rings is 1. The maximum atomic E-state index is 13.1. The van der Waals surface area contributed by atoms with Gasteiger partial charge in [0.15, 0.2) is 0 Å². The normalized spacial score (nSPS) is 17.9. The molecule has 2 saturated heterocycles. The number of nitrogens with zero attached hydrogens (tertiary/aromatic N) is 2. The highest BCUT2D eigenvalue weighted by Crippen LogP contribution is 2.26. The van der Waals surface area contributed by atoms with Crippen LogP contribution < -0.4 is 4.74 Å². The Hall–Kier alpha value is -2.82. The second-order valence-corrected chi connectivity index (χ2v) is 8.97. The van der Waals surface area contributed by atoms with E-state index < -0.39 is 0 Å². The van der Waals surface area contributed by atoms with Crippen molar-refractivity contribution in [3.8, 4) is 5.75 Å². The third kappa shape index (κ3) is 5.32. The molecule has 2 aromatic carbocycles. The number of hydrogen-bond acceptors (Lipinski definition) is 3.